The fourth-order valence-electron chi connectivity index (χ4n) is 1.19. The summed E-state index contributed by atoms with van der Waals surface area (Å²) < 4.78 is 5.34. The van der Waals surface area contributed by atoms with E-state index in [1.165, 1.54) is 0 Å². The van der Waals surface area contributed by atoms with Gasteiger partial charge in [0.25, 0.3) is 0 Å². The minimum Gasteiger partial charge on any atom is -0.490 e. The van der Waals surface area contributed by atoms with Crippen molar-refractivity contribution in [1.29, 1.82) is 0 Å². The largest absolute Gasteiger partial charge is 0.490 e. The second-order valence-corrected chi connectivity index (χ2v) is 3.31. The summed E-state index contributed by atoms with van der Waals surface area (Å²) in [5.74, 6) is 0.449. The standard InChI is InChI=1S/C12H16N2O2/c1-2-7-16-11-5-3-10(4-6-11)8-14-9-12(13)15/h2-6,14H,1,7-9H2,(H2,13,15). The Morgan fingerprint density at radius 3 is 2.69 bits per heavy atom. The number of nitrogens with one attached hydrogen (secondary N) is 1. The molecular formula is C12H16N2O2. The van der Waals surface area contributed by atoms with Crippen LogP contribution in [0, 0.1) is 0 Å². The molecule has 0 saturated carbocycles. The van der Waals surface area contributed by atoms with Crippen LogP contribution in [0.4, 0.5) is 0 Å². The predicted octanol–water partition coefficient (Wildman–Crippen LogP) is 0.826. The molecule has 16 heavy (non-hydrogen) atoms. The number of amides is 1. The van der Waals surface area contributed by atoms with Crippen LogP contribution in [0.3, 0.4) is 0 Å². The molecule has 0 fully saturated rings. The van der Waals surface area contributed by atoms with Crippen LogP contribution < -0.4 is 15.8 Å². The van der Waals surface area contributed by atoms with Gasteiger partial charge in [0.05, 0.1) is 6.54 Å². The van der Waals surface area contributed by atoms with Crippen molar-refractivity contribution >= 4 is 5.91 Å². The van der Waals surface area contributed by atoms with E-state index in [1.54, 1.807) is 6.08 Å². The molecule has 1 rings (SSSR count). The second kappa shape index (κ2) is 6.63. The Hall–Kier alpha value is -1.81. The lowest BCUT2D eigenvalue weighted by Gasteiger charge is -2.05. The molecular weight excluding hydrogens is 204 g/mol. The molecule has 4 nitrogen and oxygen atoms in total. The van der Waals surface area contributed by atoms with E-state index in [0.29, 0.717) is 13.2 Å². The molecule has 0 aliphatic carbocycles. The van der Waals surface area contributed by atoms with Crippen molar-refractivity contribution in [3.8, 4) is 5.75 Å². The third-order valence-corrected chi connectivity index (χ3v) is 1.92. The van der Waals surface area contributed by atoms with E-state index in [2.05, 4.69) is 11.9 Å². The summed E-state index contributed by atoms with van der Waals surface area (Å²) in [6.07, 6.45) is 1.70. The highest BCUT2D eigenvalue weighted by Crippen LogP contribution is 2.11. The zero-order valence-electron chi connectivity index (χ0n) is 9.11. The van der Waals surface area contributed by atoms with Crippen molar-refractivity contribution in [2.75, 3.05) is 13.2 Å². The number of primary amides is 1. The monoisotopic (exact) mass is 220 g/mol. The third kappa shape index (κ3) is 4.61. The second-order valence-electron chi connectivity index (χ2n) is 3.31. The summed E-state index contributed by atoms with van der Waals surface area (Å²) >= 11 is 0. The minimum atomic E-state index is -0.356. The number of nitrogens with two attached hydrogens (primary N) is 1. The number of hydrogen-bond donors (Lipinski definition) is 2. The average molecular weight is 220 g/mol. The highest BCUT2D eigenvalue weighted by atomic mass is 16.5. The van der Waals surface area contributed by atoms with Gasteiger partial charge < -0.3 is 15.8 Å². The van der Waals surface area contributed by atoms with E-state index < -0.39 is 0 Å². The van der Waals surface area contributed by atoms with E-state index in [0.717, 1.165) is 11.3 Å². The summed E-state index contributed by atoms with van der Waals surface area (Å²) in [5.41, 5.74) is 6.08. The highest BCUT2D eigenvalue weighted by molar-refractivity contribution is 5.75. The molecule has 0 aromatic heterocycles. The number of carbonyl (C=O) groups excluding carboxylic acids is 1. The van der Waals surface area contributed by atoms with E-state index in [1.807, 2.05) is 24.3 Å². The van der Waals surface area contributed by atoms with Gasteiger partial charge in [0.1, 0.15) is 12.4 Å². The van der Waals surface area contributed by atoms with Crippen molar-refractivity contribution in [2.45, 2.75) is 6.54 Å². The molecule has 0 radical (unpaired) electrons. The van der Waals surface area contributed by atoms with Crippen LogP contribution in [-0.4, -0.2) is 19.1 Å². The minimum absolute atomic E-state index is 0.189. The van der Waals surface area contributed by atoms with Crippen molar-refractivity contribution < 1.29 is 9.53 Å². The molecule has 86 valence electrons. The molecule has 1 aromatic rings. The average Bonchev–Trinajstić information content (AvgIpc) is 2.27. The van der Waals surface area contributed by atoms with Crippen LogP contribution in [0.5, 0.6) is 5.75 Å². The van der Waals surface area contributed by atoms with Crippen molar-refractivity contribution in [3.05, 3.63) is 42.5 Å². The zero-order chi connectivity index (χ0) is 11.8. The summed E-state index contributed by atoms with van der Waals surface area (Å²) in [5, 5.41) is 2.93. The first-order valence-electron chi connectivity index (χ1n) is 5.04. The fourth-order valence-corrected chi connectivity index (χ4v) is 1.19. The number of carbonyl (C=O) groups is 1. The lowest BCUT2D eigenvalue weighted by Crippen LogP contribution is -2.28. The van der Waals surface area contributed by atoms with Gasteiger partial charge in [-0.05, 0) is 17.7 Å². The van der Waals surface area contributed by atoms with Crippen LogP contribution in [0.2, 0.25) is 0 Å². The van der Waals surface area contributed by atoms with Gasteiger partial charge in [-0.3, -0.25) is 4.79 Å². The molecule has 0 unspecified atom stereocenters. The SMILES string of the molecule is C=CCOc1ccc(CNCC(N)=O)cc1. The van der Waals surface area contributed by atoms with Gasteiger partial charge in [-0.25, -0.2) is 0 Å². The molecule has 1 aromatic carbocycles. The van der Waals surface area contributed by atoms with Gasteiger partial charge in [-0.1, -0.05) is 24.8 Å². The maximum Gasteiger partial charge on any atom is 0.231 e. The summed E-state index contributed by atoms with van der Waals surface area (Å²) in [4.78, 5) is 10.5. The highest BCUT2D eigenvalue weighted by Gasteiger charge is 1.96. The third-order valence-electron chi connectivity index (χ3n) is 1.92. The number of rotatable bonds is 7. The Morgan fingerprint density at radius 1 is 1.44 bits per heavy atom. The summed E-state index contributed by atoms with van der Waals surface area (Å²) in [6, 6.07) is 7.63. The van der Waals surface area contributed by atoms with E-state index in [-0.39, 0.29) is 12.5 Å². The van der Waals surface area contributed by atoms with Gasteiger partial charge in [-0.15, -0.1) is 0 Å². The Morgan fingerprint density at radius 2 is 2.12 bits per heavy atom. The van der Waals surface area contributed by atoms with E-state index >= 15 is 0 Å². The number of hydrogen-bond acceptors (Lipinski definition) is 3. The van der Waals surface area contributed by atoms with Crippen molar-refractivity contribution in [1.82, 2.24) is 5.32 Å². The Labute approximate surface area is 95.1 Å². The van der Waals surface area contributed by atoms with Crippen LogP contribution >= 0.6 is 0 Å². The number of ether oxygens (including phenoxy) is 1. The molecule has 0 saturated heterocycles. The predicted molar refractivity (Wildman–Crippen MR) is 63.0 cm³/mol. The molecule has 3 N–H and O–H groups in total. The molecule has 0 aliphatic heterocycles. The number of benzene rings is 1. The molecule has 4 heteroatoms. The van der Waals surface area contributed by atoms with Crippen LogP contribution in [0.25, 0.3) is 0 Å². The Bertz CT molecular complexity index is 347. The lowest BCUT2D eigenvalue weighted by molar-refractivity contribution is -0.117. The molecule has 0 spiro atoms. The van der Waals surface area contributed by atoms with Crippen LogP contribution in [0.1, 0.15) is 5.56 Å². The van der Waals surface area contributed by atoms with E-state index in [4.69, 9.17) is 10.5 Å². The normalized spacial score (nSPS) is 9.75. The maximum atomic E-state index is 10.5. The van der Waals surface area contributed by atoms with Crippen LogP contribution in [0.15, 0.2) is 36.9 Å². The molecule has 0 bridgehead atoms. The van der Waals surface area contributed by atoms with Crippen LogP contribution in [-0.2, 0) is 11.3 Å². The van der Waals surface area contributed by atoms with Gasteiger partial charge in [0, 0.05) is 6.54 Å². The lowest BCUT2D eigenvalue weighted by atomic mass is 10.2. The van der Waals surface area contributed by atoms with Gasteiger partial charge in [0.15, 0.2) is 0 Å². The maximum absolute atomic E-state index is 10.5. The molecule has 0 heterocycles. The summed E-state index contributed by atoms with van der Waals surface area (Å²) in [6.45, 7) is 4.88. The zero-order valence-corrected chi connectivity index (χ0v) is 9.11. The van der Waals surface area contributed by atoms with Crippen molar-refractivity contribution in [2.24, 2.45) is 5.73 Å². The topological polar surface area (TPSA) is 64.3 Å². The van der Waals surface area contributed by atoms with Gasteiger partial charge in [0.2, 0.25) is 5.91 Å². The van der Waals surface area contributed by atoms with Gasteiger partial charge in [-0.2, -0.15) is 0 Å². The summed E-state index contributed by atoms with van der Waals surface area (Å²) in [7, 11) is 0. The Balaban J connectivity index is 2.38. The smallest absolute Gasteiger partial charge is 0.231 e. The molecule has 0 atom stereocenters. The molecule has 1 amide bonds. The van der Waals surface area contributed by atoms with E-state index in [9.17, 15) is 4.79 Å². The molecule has 0 aliphatic rings. The first kappa shape index (κ1) is 12.3. The first-order valence-corrected chi connectivity index (χ1v) is 5.04. The first-order chi connectivity index (χ1) is 7.72. The quantitative estimate of drug-likeness (QED) is 0.669. The van der Waals surface area contributed by atoms with Gasteiger partial charge >= 0.3 is 0 Å². The Kier molecular flexibility index (Phi) is 5.08. The fraction of sp³-hybridized carbons (Fsp3) is 0.250. The van der Waals surface area contributed by atoms with Crippen molar-refractivity contribution in [3.63, 3.8) is 0 Å².